The van der Waals surface area contributed by atoms with Gasteiger partial charge in [-0.25, -0.2) is 0 Å². The summed E-state index contributed by atoms with van der Waals surface area (Å²) in [7, 11) is 0. The minimum atomic E-state index is 0.0705. The van der Waals surface area contributed by atoms with E-state index in [0.717, 1.165) is 26.1 Å². The molecule has 14 heavy (non-hydrogen) atoms. The van der Waals surface area contributed by atoms with Gasteiger partial charge in [0.1, 0.15) is 0 Å². The summed E-state index contributed by atoms with van der Waals surface area (Å²) >= 11 is 0. The highest BCUT2D eigenvalue weighted by atomic mass is 16.5. The number of nitrogens with one attached hydrogen (secondary N) is 1. The SMILES string of the molecule is O=C1C[C@@H](CO)C2(CCOCC2)CN1. The van der Waals surface area contributed by atoms with Crippen LogP contribution in [-0.4, -0.2) is 37.4 Å². The lowest BCUT2D eigenvalue weighted by Gasteiger charge is -2.45. The van der Waals surface area contributed by atoms with E-state index in [9.17, 15) is 9.90 Å². The molecule has 0 unspecified atom stereocenters. The molecule has 1 spiro atoms. The van der Waals surface area contributed by atoms with Crippen molar-refractivity contribution in [3.05, 3.63) is 0 Å². The molecule has 0 radical (unpaired) electrons. The van der Waals surface area contributed by atoms with E-state index in [0.29, 0.717) is 13.0 Å². The van der Waals surface area contributed by atoms with Gasteiger partial charge in [-0.1, -0.05) is 0 Å². The molecule has 0 aliphatic carbocycles. The molecule has 1 amide bonds. The van der Waals surface area contributed by atoms with Crippen LogP contribution in [0.25, 0.3) is 0 Å². The quantitative estimate of drug-likeness (QED) is 0.620. The zero-order valence-electron chi connectivity index (χ0n) is 8.29. The van der Waals surface area contributed by atoms with Crippen molar-refractivity contribution in [2.45, 2.75) is 19.3 Å². The summed E-state index contributed by atoms with van der Waals surface area (Å²) in [6.45, 7) is 2.34. The summed E-state index contributed by atoms with van der Waals surface area (Å²) < 4.78 is 5.32. The van der Waals surface area contributed by atoms with Crippen LogP contribution in [0.2, 0.25) is 0 Å². The summed E-state index contributed by atoms with van der Waals surface area (Å²) in [6, 6.07) is 0. The smallest absolute Gasteiger partial charge is 0.220 e. The third-order valence-corrected chi connectivity index (χ3v) is 3.64. The van der Waals surface area contributed by atoms with Crippen LogP contribution in [0.4, 0.5) is 0 Å². The lowest BCUT2D eigenvalue weighted by Crippen LogP contribution is -2.52. The van der Waals surface area contributed by atoms with E-state index in [2.05, 4.69) is 5.32 Å². The number of rotatable bonds is 1. The van der Waals surface area contributed by atoms with E-state index in [1.807, 2.05) is 0 Å². The van der Waals surface area contributed by atoms with Crippen molar-refractivity contribution in [1.82, 2.24) is 5.32 Å². The minimum Gasteiger partial charge on any atom is -0.396 e. The van der Waals surface area contributed by atoms with Gasteiger partial charge in [0, 0.05) is 32.8 Å². The molecule has 2 saturated heterocycles. The topological polar surface area (TPSA) is 58.6 Å². The first kappa shape index (κ1) is 9.93. The maximum Gasteiger partial charge on any atom is 0.220 e. The Balaban J connectivity index is 2.10. The number of hydrogen-bond donors (Lipinski definition) is 2. The minimum absolute atomic E-state index is 0.0705. The van der Waals surface area contributed by atoms with Gasteiger partial charge in [0.05, 0.1) is 0 Å². The molecular weight excluding hydrogens is 182 g/mol. The van der Waals surface area contributed by atoms with E-state index in [1.54, 1.807) is 0 Å². The summed E-state index contributed by atoms with van der Waals surface area (Å²) in [6.07, 6.45) is 2.38. The van der Waals surface area contributed by atoms with Crippen LogP contribution >= 0.6 is 0 Å². The molecule has 2 fully saturated rings. The van der Waals surface area contributed by atoms with Gasteiger partial charge in [0.2, 0.25) is 5.91 Å². The van der Waals surface area contributed by atoms with Crippen molar-refractivity contribution in [3.63, 3.8) is 0 Å². The number of carbonyl (C=O) groups excluding carboxylic acids is 1. The molecule has 0 bridgehead atoms. The Labute approximate surface area is 83.6 Å². The van der Waals surface area contributed by atoms with Crippen molar-refractivity contribution < 1.29 is 14.6 Å². The molecule has 2 rings (SSSR count). The molecule has 4 nitrogen and oxygen atoms in total. The first-order valence-corrected chi connectivity index (χ1v) is 5.22. The second-order valence-corrected chi connectivity index (χ2v) is 4.34. The molecule has 4 heteroatoms. The van der Waals surface area contributed by atoms with Crippen LogP contribution in [0.15, 0.2) is 0 Å². The maximum absolute atomic E-state index is 11.2. The number of piperidine rings is 1. The second-order valence-electron chi connectivity index (χ2n) is 4.34. The highest BCUT2D eigenvalue weighted by Gasteiger charge is 2.43. The van der Waals surface area contributed by atoms with Crippen molar-refractivity contribution >= 4 is 5.91 Å². The van der Waals surface area contributed by atoms with Crippen molar-refractivity contribution in [3.8, 4) is 0 Å². The third-order valence-electron chi connectivity index (χ3n) is 3.64. The average Bonchev–Trinajstić information content (AvgIpc) is 2.23. The summed E-state index contributed by atoms with van der Waals surface area (Å²) in [4.78, 5) is 11.2. The van der Waals surface area contributed by atoms with Gasteiger partial charge in [-0.2, -0.15) is 0 Å². The molecule has 2 heterocycles. The average molecular weight is 199 g/mol. The monoisotopic (exact) mass is 199 g/mol. The van der Waals surface area contributed by atoms with Crippen LogP contribution in [0.3, 0.4) is 0 Å². The van der Waals surface area contributed by atoms with Crippen LogP contribution in [0.5, 0.6) is 0 Å². The van der Waals surface area contributed by atoms with Crippen LogP contribution < -0.4 is 5.32 Å². The number of carbonyl (C=O) groups is 1. The Hall–Kier alpha value is -0.610. The lowest BCUT2D eigenvalue weighted by molar-refractivity contribution is -0.132. The van der Waals surface area contributed by atoms with Crippen molar-refractivity contribution in [2.75, 3.05) is 26.4 Å². The number of hydrogen-bond acceptors (Lipinski definition) is 3. The summed E-state index contributed by atoms with van der Waals surface area (Å²) in [5.41, 5.74) is 0.0981. The number of ether oxygens (including phenoxy) is 1. The largest absolute Gasteiger partial charge is 0.396 e. The van der Waals surface area contributed by atoms with E-state index in [4.69, 9.17) is 4.74 Å². The zero-order chi connectivity index (χ0) is 10.0. The Kier molecular flexibility index (Phi) is 2.74. The van der Waals surface area contributed by atoms with E-state index in [1.165, 1.54) is 0 Å². The first-order chi connectivity index (χ1) is 6.77. The van der Waals surface area contributed by atoms with E-state index >= 15 is 0 Å². The molecule has 2 aliphatic heterocycles. The van der Waals surface area contributed by atoms with Gasteiger partial charge in [0.25, 0.3) is 0 Å². The van der Waals surface area contributed by atoms with Gasteiger partial charge in [-0.15, -0.1) is 0 Å². The van der Waals surface area contributed by atoms with Crippen LogP contribution in [0.1, 0.15) is 19.3 Å². The molecule has 0 aromatic rings. The highest BCUT2D eigenvalue weighted by molar-refractivity contribution is 5.77. The molecule has 2 aliphatic rings. The Morgan fingerprint density at radius 1 is 1.50 bits per heavy atom. The zero-order valence-corrected chi connectivity index (χ0v) is 8.29. The van der Waals surface area contributed by atoms with E-state index < -0.39 is 0 Å². The highest BCUT2D eigenvalue weighted by Crippen LogP contribution is 2.41. The van der Waals surface area contributed by atoms with Gasteiger partial charge < -0.3 is 15.2 Å². The van der Waals surface area contributed by atoms with Crippen molar-refractivity contribution in [2.24, 2.45) is 11.3 Å². The Bertz CT molecular complexity index is 223. The maximum atomic E-state index is 11.2. The van der Waals surface area contributed by atoms with Gasteiger partial charge in [-0.05, 0) is 24.2 Å². The molecule has 1 atom stereocenters. The van der Waals surface area contributed by atoms with Crippen molar-refractivity contribution in [1.29, 1.82) is 0 Å². The molecule has 2 N–H and O–H groups in total. The molecule has 0 aromatic carbocycles. The van der Waals surface area contributed by atoms with Crippen LogP contribution in [0, 0.1) is 11.3 Å². The molecule has 0 saturated carbocycles. The standard InChI is InChI=1S/C10H17NO3/c12-6-8-5-9(13)11-7-10(8)1-3-14-4-2-10/h8,12H,1-7H2,(H,11,13)/t8-/m0/s1. The Morgan fingerprint density at radius 3 is 2.86 bits per heavy atom. The molecule has 80 valence electrons. The lowest BCUT2D eigenvalue weighted by atomic mass is 9.67. The molecular formula is C10H17NO3. The van der Waals surface area contributed by atoms with Crippen LogP contribution in [-0.2, 0) is 9.53 Å². The predicted octanol–water partition coefficient (Wildman–Crippen LogP) is -0.0884. The van der Waals surface area contributed by atoms with Gasteiger partial charge in [0.15, 0.2) is 0 Å². The number of aliphatic hydroxyl groups excluding tert-OH is 1. The third kappa shape index (κ3) is 1.64. The predicted molar refractivity (Wildman–Crippen MR) is 50.7 cm³/mol. The van der Waals surface area contributed by atoms with Gasteiger partial charge in [-0.3, -0.25) is 4.79 Å². The second kappa shape index (κ2) is 3.87. The fourth-order valence-electron chi connectivity index (χ4n) is 2.55. The summed E-state index contributed by atoms with van der Waals surface area (Å²) in [5.74, 6) is 0.196. The first-order valence-electron chi connectivity index (χ1n) is 5.22. The number of amides is 1. The number of aliphatic hydroxyl groups is 1. The summed E-state index contributed by atoms with van der Waals surface area (Å²) in [5, 5.41) is 12.2. The van der Waals surface area contributed by atoms with Gasteiger partial charge >= 0.3 is 0 Å². The fraction of sp³-hybridized carbons (Fsp3) is 0.900. The normalized spacial score (nSPS) is 31.5. The molecule has 0 aromatic heterocycles. The Morgan fingerprint density at radius 2 is 2.21 bits per heavy atom. The fourth-order valence-corrected chi connectivity index (χ4v) is 2.55. The van der Waals surface area contributed by atoms with E-state index in [-0.39, 0.29) is 23.8 Å².